The Morgan fingerprint density at radius 3 is 2.86 bits per heavy atom. The van der Waals surface area contributed by atoms with Gasteiger partial charge in [0.15, 0.2) is 5.13 Å². The van der Waals surface area contributed by atoms with Gasteiger partial charge in [0.2, 0.25) is 0 Å². The molecule has 0 saturated carbocycles. The fourth-order valence-corrected chi connectivity index (χ4v) is 3.44. The van der Waals surface area contributed by atoms with Crippen LogP contribution in [-0.4, -0.2) is 15.5 Å². The third kappa shape index (κ3) is 2.87. The van der Waals surface area contributed by atoms with Crippen LogP contribution in [-0.2, 0) is 0 Å². The maximum Gasteiger partial charge on any atom is 0.274 e. The molecule has 0 aliphatic carbocycles. The maximum atomic E-state index is 12.4. The van der Waals surface area contributed by atoms with Gasteiger partial charge in [0.05, 0.1) is 10.2 Å². The van der Waals surface area contributed by atoms with Crippen molar-refractivity contribution < 1.29 is 4.79 Å². The molecule has 108 valence electrons. The molecule has 3 aromatic rings. The van der Waals surface area contributed by atoms with Gasteiger partial charge in [0, 0.05) is 16.7 Å². The second-order valence-electron chi connectivity index (χ2n) is 4.99. The molecule has 1 aromatic carbocycles. The first-order valence-corrected chi connectivity index (χ1v) is 8.20. The van der Waals surface area contributed by atoms with Crippen LogP contribution in [0.4, 0.5) is 5.13 Å². The summed E-state index contributed by atoms with van der Waals surface area (Å²) < 4.78 is 3.89. The summed E-state index contributed by atoms with van der Waals surface area (Å²) in [6.07, 6.45) is 1.91. The first kappa shape index (κ1) is 14.3. The largest absolute Gasteiger partial charge is 0.340 e. The van der Waals surface area contributed by atoms with Crippen molar-refractivity contribution in [3.8, 4) is 0 Å². The molecule has 2 heterocycles. The van der Waals surface area contributed by atoms with E-state index in [1.165, 1.54) is 11.3 Å². The second kappa shape index (κ2) is 5.61. The van der Waals surface area contributed by atoms with Gasteiger partial charge in [-0.2, -0.15) is 0 Å². The van der Waals surface area contributed by atoms with Crippen LogP contribution >= 0.6 is 27.3 Å². The summed E-state index contributed by atoms with van der Waals surface area (Å²) >= 11 is 4.90. The van der Waals surface area contributed by atoms with E-state index >= 15 is 0 Å². The SMILES string of the molecule is CC(C)n1cc(Br)cc1C(=O)Nc1nc2ccccc2s1. The van der Waals surface area contributed by atoms with Gasteiger partial charge in [-0.25, -0.2) is 4.98 Å². The van der Waals surface area contributed by atoms with Crippen molar-refractivity contribution in [1.29, 1.82) is 0 Å². The van der Waals surface area contributed by atoms with Crippen LogP contribution in [0.3, 0.4) is 0 Å². The summed E-state index contributed by atoms with van der Waals surface area (Å²) in [5, 5.41) is 3.50. The molecule has 0 spiro atoms. The zero-order chi connectivity index (χ0) is 15.0. The minimum Gasteiger partial charge on any atom is -0.340 e. The molecule has 0 aliphatic heterocycles. The molecule has 0 atom stereocenters. The third-order valence-electron chi connectivity index (χ3n) is 3.12. The van der Waals surface area contributed by atoms with Gasteiger partial charge in [-0.3, -0.25) is 10.1 Å². The van der Waals surface area contributed by atoms with Crippen LogP contribution in [0, 0.1) is 0 Å². The minimum atomic E-state index is -0.145. The number of carbonyl (C=O) groups is 1. The number of benzene rings is 1. The highest BCUT2D eigenvalue weighted by Crippen LogP contribution is 2.26. The van der Waals surface area contributed by atoms with Crippen LogP contribution in [0.1, 0.15) is 30.4 Å². The summed E-state index contributed by atoms with van der Waals surface area (Å²) in [4.78, 5) is 16.9. The average molecular weight is 364 g/mol. The fraction of sp³-hybridized carbons (Fsp3) is 0.200. The molecule has 4 nitrogen and oxygen atoms in total. The Bertz CT molecular complexity index is 773. The molecular weight excluding hydrogens is 350 g/mol. The Labute approximate surface area is 134 Å². The van der Waals surface area contributed by atoms with E-state index in [9.17, 15) is 4.79 Å². The number of hydrogen-bond donors (Lipinski definition) is 1. The third-order valence-corrected chi connectivity index (χ3v) is 4.50. The standard InChI is InChI=1S/C15H14BrN3OS/c1-9(2)19-8-10(16)7-12(19)14(20)18-15-17-11-5-3-4-6-13(11)21-15/h3-9H,1-2H3,(H,17,18,20). The Morgan fingerprint density at radius 2 is 2.14 bits per heavy atom. The number of carbonyl (C=O) groups excluding carboxylic acids is 1. The lowest BCUT2D eigenvalue weighted by molar-refractivity contribution is 0.101. The van der Waals surface area contributed by atoms with E-state index in [1.807, 2.05) is 54.9 Å². The van der Waals surface area contributed by atoms with Crippen LogP contribution in [0.2, 0.25) is 0 Å². The summed E-state index contributed by atoms with van der Waals surface area (Å²) in [5.74, 6) is -0.145. The maximum absolute atomic E-state index is 12.4. The van der Waals surface area contributed by atoms with E-state index in [1.54, 1.807) is 0 Å². The fourth-order valence-electron chi connectivity index (χ4n) is 2.14. The lowest BCUT2D eigenvalue weighted by Gasteiger charge is -2.11. The van der Waals surface area contributed by atoms with Crippen LogP contribution < -0.4 is 5.32 Å². The monoisotopic (exact) mass is 363 g/mol. The van der Waals surface area contributed by atoms with Gasteiger partial charge in [0.1, 0.15) is 5.69 Å². The molecule has 0 radical (unpaired) electrons. The number of nitrogens with zero attached hydrogens (tertiary/aromatic N) is 2. The van der Waals surface area contributed by atoms with Crippen LogP contribution in [0.25, 0.3) is 10.2 Å². The molecule has 0 aliphatic rings. The lowest BCUT2D eigenvalue weighted by Crippen LogP contribution is -2.17. The molecule has 3 rings (SSSR count). The Kier molecular flexibility index (Phi) is 3.82. The summed E-state index contributed by atoms with van der Waals surface area (Å²) in [5.41, 5.74) is 1.52. The zero-order valence-electron chi connectivity index (χ0n) is 11.6. The number of fused-ring (bicyclic) bond motifs is 1. The van der Waals surface area contributed by atoms with Gasteiger partial charge >= 0.3 is 0 Å². The van der Waals surface area contributed by atoms with Gasteiger partial charge in [-0.1, -0.05) is 23.5 Å². The van der Waals surface area contributed by atoms with Crippen molar-refractivity contribution >= 4 is 48.5 Å². The van der Waals surface area contributed by atoms with Crippen molar-refractivity contribution in [1.82, 2.24) is 9.55 Å². The molecule has 0 saturated heterocycles. The predicted molar refractivity (Wildman–Crippen MR) is 90.1 cm³/mol. The number of para-hydroxylation sites is 1. The Hall–Kier alpha value is -1.66. The number of amides is 1. The quantitative estimate of drug-likeness (QED) is 0.733. The normalized spacial score (nSPS) is 11.2. The van der Waals surface area contributed by atoms with Crippen molar-refractivity contribution in [2.24, 2.45) is 0 Å². The van der Waals surface area contributed by atoms with Gasteiger partial charge in [-0.15, -0.1) is 0 Å². The van der Waals surface area contributed by atoms with Gasteiger partial charge < -0.3 is 4.57 Å². The van der Waals surface area contributed by atoms with Crippen molar-refractivity contribution in [2.75, 3.05) is 5.32 Å². The average Bonchev–Trinajstić information content (AvgIpc) is 3.01. The van der Waals surface area contributed by atoms with E-state index < -0.39 is 0 Å². The highest BCUT2D eigenvalue weighted by Gasteiger charge is 2.16. The highest BCUT2D eigenvalue weighted by atomic mass is 79.9. The molecule has 0 bridgehead atoms. The minimum absolute atomic E-state index is 0.145. The Morgan fingerprint density at radius 1 is 1.38 bits per heavy atom. The topological polar surface area (TPSA) is 46.9 Å². The van der Waals surface area contributed by atoms with Crippen molar-refractivity contribution in [2.45, 2.75) is 19.9 Å². The molecule has 1 N–H and O–H groups in total. The molecule has 21 heavy (non-hydrogen) atoms. The van der Waals surface area contributed by atoms with E-state index in [2.05, 4.69) is 26.2 Å². The number of anilines is 1. The highest BCUT2D eigenvalue weighted by molar-refractivity contribution is 9.10. The molecule has 0 fully saturated rings. The number of hydrogen-bond acceptors (Lipinski definition) is 3. The molecular formula is C15H14BrN3OS. The van der Waals surface area contributed by atoms with Crippen LogP contribution in [0.5, 0.6) is 0 Å². The van der Waals surface area contributed by atoms with E-state index in [0.29, 0.717) is 10.8 Å². The first-order chi connectivity index (χ1) is 10.0. The van der Waals surface area contributed by atoms with E-state index in [0.717, 1.165) is 14.7 Å². The molecule has 1 amide bonds. The summed E-state index contributed by atoms with van der Waals surface area (Å²) in [6.45, 7) is 4.09. The number of halogens is 1. The summed E-state index contributed by atoms with van der Waals surface area (Å²) in [6, 6.07) is 9.88. The van der Waals surface area contributed by atoms with E-state index in [4.69, 9.17) is 0 Å². The number of rotatable bonds is 3. The molecule has 6 heteroatoms. The number of aromatic nitrogens is 2. The number of thiazole rings is 1. The Balaban J connectivity index is 1.89. The number of nitrogens with one attached hydrogen (secondary N) is 1. The lowest BCUT2D eigenvalue weighted by atomic mass is 10.3. The summed E-state index contributed by atoms with van der Waals surface area (Å²) in [7, 11) is 0. The molecule has 2 aromatic heterocycles. The molecule has 0 unspecified atom stereocenters. The zero-order valence-corrected chi connectivity index (χ0v) is 14.0. The van der Waals surface area contributed by atoms with Gasteiger partial charge in [0.25, 0.3) is 5.91 Å². The predicted octanol–water partition coefficient (Wildman–Crippen LogP) is 4.69. The van der Waals surface area contributed by atoms with Crippen LogP contribution in [0.15, 0.2) is 41.0 Å². The first-order valence-electron chi connectivity index (χ1n) is 6.59. The van der Waals surface area contributed by atoms with E-state index in [-0.39, 0.29) is 11.9 Å². The second-order valence-corrected chi connectivity index (χ2v) is 6.93. The smallest absolute Gasteiger partial charge is 0.274 e. The van der Waals surface area contributed by atoms with Crippen molar-refractivity contribution in [3.05, 3.63) is 46.7 Å². The van der Waals surface area contributed by atoms with Crippen molar-refractivity contribution in [3.63, 3.8) is 0 Å². The van der Waals surface area contributed by atoms with Gasteiger partial charge in [-0.05, 0) is 48.0 Å².